The molecule has 0 fully saturated rings. The van der Waals surface area contributed by atoms with Crippen molar-refractivity contribution in [3.8, 4) is 0 Å². The lowest BCUT2D eigenvalue weighted by molar-refractivity contribution is -0.104. The van der Waals surface area contributed by atoms with Crippen molar-refractivity contribution in [1.29, 1.82) is 0 Å². The monoisotopic (exact) mass is 135 g/mol. The van der Waals surface area contributed by atoms with E-state index >= 15 is 0 Å². The smallest absolute Gasteiger partial charge is 0.144 e. The van der Waals surface area contributed by atoms with Crippen LogP contribution in [0.4, 0.5) is 0 Å². The van der Waals surface area contributed by atoms with Crippen molar-refractivity contribution >= 4 is 12.0 Å². The van der Waals surface area contributed by atoms with Gasteiger partial charge in [0.25, 0.3) is 0 Å². The van der Waals surface area contributed by atoms with E-state index in [4.69, 9.17) is 0 Å². The first-order chi connectivity index (χ1) is 4.84. The van der Waals surface area contributed by atoms with E-state index in [-0.39, 0.29) is 0 Å². The molecule has 0 aliphatic carbocycles. The van der Waals surface area contributed by atoms with E-state index in [1.165, 1.54) is 6.08 Å². The standard InChI is InChI=1S/C8H9NO/c1-8(4-7-10)9-5-2-3-6-9/h2-7H,1H3/b8-4-. The van der Waals surface area contributed by atoms with Gasteiger partial charge < -0.3 is 4.57 Å². The molecule has 0 aliphatic rings. The Labute approximate surface area is 59.8 Å². The average molecular weight is 135 g/mol. The predicted molar refractivity (Wildman–Crippen MR) is 40.4 cm³/mol. The van der Waals surface area contributed by atoms with Crippen molar-refractivity contribution in [1.82, 2.24) is 4.57 Å². The van der Waals surface area contributed by atoms with Gasteiger partial charge >= 0.3 is 0 Å². The second kappa shape index (κ2) is 3.01. The molecule has 0 N–H and O–H groups in total. The minimum absolute atomic E-state index is 0.787. The van der Waals surface area contributed by atoms with Crippen molar-refractivity contribution in [3.05, 3.63) is 30.6 Å². The molecule has 0 radical (unpaired) electrons. The summed E-state index contributed by atoms with van der Waals surface area (Å²) in [7, 11) is 0. The van der Waals surface area contributed by atoms with Gasteiger partial charge in [-0.1, -0.05) is 0 Å². The third-order valence-corrected chi connectivity index (χ3v) is 1.32. The molecule has 0 bridgehead atoms. The summed E-state index contributed by atoms with van der Waals surface area (Å²) in [5.74, 6) is 0. The van der Waals surface area contributed by atoms with Crippen LogP contribution in [0.1, 0.15) is 6.92 Å². The molecule has 0 saturated carbocycles. The predicted octanol–water partition coefficient (Wildman–Crippen LogP) is 1.55. The molecule has 1 heterocycles. The summed E-state index contributed by atoms with van der Waals surface area (Å²) in [6.45, 7) is 1.88. The Morgan fingerprint density at radius 2 is 2.00 bits per heavy atom. The zero-order valence-electron chi connectivity index (χ0n) is 5.82. The molecule has 1 aromatic rings. The molecule has 1 rings (SSSR count). The molecule has 2 nitrogen and oxygen atoms in total. The van der Waals surface area contributed by atoms with Gasteiger partial charge in [-0.25, -0.2) is 0 Å². The first-order valence-electron chi connectivity index (χ1n) is 3.10. The zero-order chi connectivity index (χ0) is 7.40. The van der Waals surface area contributed by atoms with Crippen LogP contribution in [0.2, 0.25) is 0 Å². The average Bonchev–Trinajstić information content (AvgIpc) is 2.38. The normalized spacial score (nSPS) is 11.5. The quantitative estimate of drug-likeness (QED) is 0.445. The summed E-state index contributed by atoms with van der Waals surface area (Å²) in [5.41, 5.74) is 0.931. The molecular weight excluding hydrogens is 126 g/mol. The van der Waals surface area contributed by atoms with Crippen molar-refractivity contribution in [2.75, 3.05) is 0 Å². The van der Waals surface area contributed by atoms with Gasteiger partial charge in [0.1, 0.15) is 6.29 Å². The topological polar surface area (TPSA) is 22.0 Å². The molecule has 0 aromatic carbocycles. The minimum Gasteiger partial charge on any atom is -0.328 e. The SMILES string of the molecule is C/C(=C/C=O)n1cccc1. The highest BCUT2D eigenvalue weighted by Gasteiger charge is 1.87. The van der Waals surface area contributed by atoms with Gasteiger partial charge in [-0.3, -0.25) is 4.79 Å². The highest BCUT2D eigenvalue weighted by atomic mass is 16.1. The third-order valence-electron chi connectivity index (χ3n) is 1.32. The Morgan fingerprint density at radius 3 is 2.50 bits per heavy atom. The van der Waals surface area contributed by atoms with Crippen LogP contribution in [0.3, 0.4) is 0 Å². The number of aldehydes is 1. The molecule has 0 amide bonds. The zero-order valence-corrected chi connectivity index (χ0v) is 5.82. The number of hydrogen-bond acceptors (Lipinski definition) is 1. The van der Waals surface area contributed by atoms with Gasteiger partial charge in [-0.2, -0.15) is 0 Å². The first kappa shape index (κ1) is 6.81. The Bertz CT molecular complexity index is 234. The molecule has 0 spiro atoms. The number of nitrogens with zero attached hydrogens (tertiary/aromatic N) is 1. The van der Waals surface area contributed by atoms with Crippen LogP contribution >= 0.6 is 0 Å². The third kappa shape index (κ3) is 1.35. The lowest BCUT2D eigenvalue weighted by Crippen LogP contribution is -1.87. The van der Waals surface area contributed by atoms with Gasteiger partial charge in [-0.05, 0) is 25.1 Å². The van der Waals surface area contributed by atoms with Crippen LogP contribution in [0.15, 0.2) is 30.6 Å². The van der Waals surface area contributed by atoms with Gasteiger partial charge in [0, 0.05) is 18.1 Å². The molecule has 0 atom stereocenters. The fourth-order valence-electron chi connectivity index (χ4n) is 0.754. The Morgan fingerprint density at radius 1 is 1.40 bits per heavy atom. The summed E-state index contributed by atoms with van der Waals surface area (Å²) in [6, 6.07) is 3.84. The van der Waals surface area contributed by atoms with Gasteiger partial charge in [-0.15, -0.1) is 0 Å². The Hall–Kier alpha value is -1.31. The molecule has 0 saturated heterocycles. The fraction of sp³-hybridized carbons (Fsp3) is 0.125. The van der Waals surface area contributed by atoms with E-state index in [9.17, 15) is 4.79 Å². The summed E-state index contributed by atoms with van der Waals surface area (Å²) >= 11 is 0. The highest BCUT2D eigenvalue weighted by molar-refractivity contribution is 5.73. The van der Waals surface area contributed by atoms with Crippen LogP contribution in [-0.4, -0.2) is 10.9 Å². The van der Waals surface area contributed by atoms with Gasteiger partial charge in [0.15, 0.2) is 0 Å². The highest BCUT2D eigenvalue weighted by Crippen LogP contribution is 2.01. The minimum atomic E-state index is 0.787. The van der Waals surface area contributed by atoms with E-state index in [0.29, 0.717) is 0 Å². The molecule has 2 heteroatoms. The Balaban J connectivity index is 2.86. The first-order valence-corrected chi connectivity index (χ1v) is 3.10. The number of carbonyl (C=O) groups is 1. The van der Waals surface area contributed by atoms with Crippen LogP contribution in [0.5, 0.6) is 0 Å². The maximum absolute atomic E-state index is 10.0. The number of carbonyl (C=O) groups excluding carboxylic acids is 1. The van der Waals surface area contributed by atoms with Crippen LogP contribution in [0, 0.1) is 0 Å². The van der Waals surface area contributed by atoms with Crippen LogP contribution < -0.4 is 0 Å². The second-order valence-electron chi connectivity index (χ2n) is 2.03. The van der Waals surface area contributed by atoms with Gasteiger partial charge in [0.2, 0.25) is 0 Å². The molecule has 10 heavy (non-hydrogen) atoms. The molecule has 1 aromatic heterocycles. The van der Waals surface area contributed by atoms with E-state index in [0.717, 1.165) is 12.0 Å². The summed E-state index contributed by atoms with van der Waals surface area (Å²) < 4.78 is 1.88. The molecule has 52 valence electrons. The summed E-state index contributed by atoms with van der Waals surface area (Å²) in [6.07, 6.45) is 6.11. The molecule has 0 aliphatic heterocycles. The maximum atomic E-state index is 10.0. The van der Waals surface area contributed by atoms with E-state index in [2.05, 4.69) is 0 Å². The number of aromatic nitrogens is 1. The van der Waals surface area contributed by atoms with Crippen LogP contribution in [0.25, 0.3) is 5.70 Å². The van der Waals surface area contributed by atoms with Crippen molar-refractivity contribution in [2.24, 2.45) is 0 Å². The van der Waals surface area contributed by atoms with Crippen molar-refractivity contribution in [3.63, 3.8) is 0 Å². The summed E-state index contributed by atoms with van der Waals surface area (Å²) in [4.78, 5) is 10.0. The number of rotatable bonds is 2. The largest absolute Gasteiger partial charge is 0.328 e. The summed E-state index contributed by atoms with van der Waals surface area (Å²) in [5, 5.41) is 0. The fourth-order valence-corrected chi connectivity index (χ4v) is 0.754. The van der Waals surface area contributed by atoms with E-state index < -0.39 is 0 Å². The maximum Gasteiger partial charge on any atom is 0.144 e. The molecular formula is C8H9NO. The second-order valence-corrected chi connectivity index (χ2v) is 2.03. The molecule has 0 unspecified atom stereocenters. The number of hydrogen-bond donors (Lipinski definition) is 0. The van der Waals surface area contributed by atoms with Crippen molar-refractivity contribution < 1.29 is 4.79 Å². The Kier molecular flexibility index (Phi) is 2.05. The lowest BCUT2D eigenvalue weighted by Gasteiger charge is -1.97. The lowest BCUT2D eigenvalue weighted by atomic mass is 10.4. The van der Waals surface area contributed by atoms with Crippen molar-refractivity contribution in [2.45, 2.75) is 6.92 Å². The van der Waals surface area contributed by atoms with E-state index in [1.807, 2.05) is 36.0 Å². The van der Waals surface area contributed by atoms with Gasteiger partial charge in [0.05, 0.1) is 0 Å². The number of allylic oxidation sites excluding steroid dienone is 2. The van der Waals surface area contributed by atoms with Crippen LogP contribution in [-0.2, 0) is 4.79 Å². The van der Waals surface area contributed by atoms with E-state index in [1.54, 1.807) is 0 Å².